The Balaban J connectivity index is 1.77. The van der Waals surface area contributed by atoms with Gasteiger partial charge in [-0.3, -0.25) is 9.59 Å². The Kier molecular flexibility index (Phi) is 4.61. The van der Waals surface area contributed by atoms with Crippen LogP contribution in [0.4, 0.5) is 0 Å². The van der Waals surface area contributed by atoms with E-state index in [2.05, 4.69) is 16.1 Å². The van der Waals surface area contributed by atoms with Gasteiger partial charge in [0.1, 0.15) is 0 Å². The lowest BCUT2D eigenvalue weighted by Gasteiger charge is -2.17. The maximum atomic E-state index is 12.2. The molecule has 2 rings (SSSR count). The molecule has 0 radical (unpaired) electrons. The van der Waals surface area contributed by atoms with Gasteiger partial charge in [0.25, 0.3) is 0 Å². The minimum Gasteiger partial charge on any atom is -0.481 e. The van der Waals surface area contributed by atoms with Gasteiger partial charge >= 0.3 is 5.97 Å². The number of terminal acetylenes is 1. The molecule has 0 unspecified atom stereocenters. The molecule has 21 heavy (non-hydrogen) atoms. The van der Waals surface area contributed by atoms with Crippen LogP contribution in [0.2, 0.25) is 0 Å². The number of carboxylic acid groups (broad SMARTS) is 1. The second-order valence-electron chi connectivity index (χ2n) is 6.02. The van der Waals surface area contributed by atoms with Crippen LogP contribution in [0, 0.1) is 24.2 Å². The van der Waals surface area contributed by atoms with E-state index in [1.807, 2.05) is 6.92 Å². The monoisotopic (exact) mass is 291 g/mol. The van der Waals surface area contributed by atoms with E-state index < -0.39 is 11.6 Å². The van der Waals surface area contributed by atoms with E-state index in [0.717, 1.165) is 0 Å². The fraction of sp³-hybridized carbons (Fsp3) is 0.733. The molecule has 0 aromatic rings. The number of amides is 1. The predicted octanol–water partition coefficient (Wildman–Crippen LogP) is 1.91. The topological polar surface area (TPSA) is 82.3 Å². The number of likely N-dealkylation sites (tertiary alicyclic amines) is 1. The van der Waals surface area contributed by atoms with E-state index in [-0.39, 0.29) is 24.2 Å². The zero-order chi connectivity index (χ0) is 15.5. The van der Waals surface area contributed by atoms with Crippen LogP contribution in [-0.4, -0.2) is 40.6 Å². The Morgan fingerprint density at radius 2 is 2.10 bits per heavy atom. The fourth-order valence-corrected chi connectivity index (χ4v) is 2.86. The summed E-state index contributed by atoms with van der Waals surface area (Å²) in [6.45, 7) is 3.18. The first kappa shape index (κ1) is 15.5. The van der Waals surface area contributed by atoms with Gasteiger partial charge in [0.2, 0.25) is 5.91 Å². The number of carbonyl (C=O) groups excluding carboxylic acids is 1. The van der Waals surface area contributed by atoms with Crippen LogP contribution in [0.5, 0.6) is 0 Å². The van der Waals surface area contributed by atoms with Crippen LogP contribution in [0.25, 0.3) is 0 Å². The molecule has 0 aromatic heterocycles. The third-order valence-electron chi connectivity index (χ3n) is 4.35. The van der Waals surface area contributed by atoms with Crippen molar-refractivity contribution < 1.29 is 14.7 Å². The van der Waals surface area contributed by atoms with Crippen LogP contribution in [0.1, 0.15) is 39.0 Å². The summed E-state index contributed by atoms with van der Waals surface area (Å²) < 4.78 is 0. The molecule has 1 amide bonds. The van der Waals surface area contributed by atoms with Gasteiger partial charge in [0.15, 0.2) is 5.66 Å². The Bertz CT molecular complexity index is 489. The smallest absolute Gasteiger partial charge is 0.303 e. The summed E-state index contributed by atoms with van der Waals surface area (Å²) in [6, 6.07) is 0. The molecule has 0 bridgehead atoms. The minimum absolute atomic E-state index is 0.0529. The Morgan fingerprint density at radius 3 is 2.67 bits per heavy atom. The molecule has 2 atom stereocenters. The van der Waals surface area contributed by atoms with E-state index in [1.165, 1.54) is 0 Å². The van der Waals surface area contributed by atoms with Crippen molar-refractivity contribution >= 4 is 11.9 Å². The molecule has 1 N–H and O–H groups in total. The molecule has 6 heteroatoms. The number of aliphatic carboxylic acids is 1. The Morgan fingerprint density at radius 1 is 1.38 bits per heavy atom. The zero-order valence-electron chi connectivity index (χ0n) is 12.3. The molecule has 0 saturated carbocycles. The summed E-state index contributed by atoms with van der Waals surface area (Å²) in [6.07, 6.45) is 7.67. The molecule has 2 heterocycles. The zero-order valence-corrected chi connectivity index (χ0v) is 12.3. The van der Waals surface area contributed by atoms with Gasteiger partial charge in [-0.25, -0.2) is 0 Å². The molecule has 0 aromatic carbocycles. The molecule has 0 spiro atoms. The molecular formula is C15H21N3O3. The van der Waals surface area contributed by atoms with Gasteiger partial charge in [-0.2, -0.15) is 10.2 Å². The number of carbonyl (C=O) groups is 2. The van der Waals surface area contributed by atoms with Crippen molar-refractivity contribution in [3.8, 4) is 12.3 Å². The number of rotatable bonds is 7. The molecule has 0 aliphatic carbocycles. The van der Waals surface area contributed by atoms with E-state index in [0.29, 0.717) is 38.8 Å². The van der Waals surface area contributed by atoms with Gasteiger partial charge in [0.05, 0.1) is 6.42 Å². The van der Waals surface area contributed by atoms with Crippen molar-refractivity contribution in [3.63, 3.8) is 0 Å². The van der Waals surface area contributed by atoms with Gasteiger partial charge < -0.3 is 10.0 Å². The van der Waals surface area contributed by atoms with Crippen LogP contribution in [0.15, 0.2) is 10.2 Å². The average molecular weight is 291 g/mol. The summed E-state index contributed by atoms with van der Waals surface area (Å²) in [7, 11) is 0. The maximum absolute atomic E-state index is 12.2. The van der Waals surface area contributed by atoms with E-state index in [1.54, 1.807) is 4.90 Å². The first-order valence-corrected chi connectivity index (χ1v) is 7.33. The summed E-state index contributed by atoms with van der Waals surface area (Å²) in [4.78, 5) is 24.8. The standard InChI is InChI=1S/C15H21N3O3/c1-3-4-6-15(16-17-15)7-5-13(19)18-9-11(2)12(10-18)8-14(20)21/h1,11-12H,4-10H2,2H3,(H,20,21)/t11-,12-/m1/s1. The van der Waals surface area contributed by atoms with Crippen LogP contribution < -0.4 is 0 Å². The lowest BCUT2D eigenvalue weighted by molar-refractivity contribution is -0.138. The lowest BCUT2D eigenvalue weighted by Crippen LogP contribution is -2.30. The second-order valence-corrected chi connectivity index (χ2v) is 6.02. The average Bonchev–Trinajstić information content (AvgIpc) is 3.12. The van der Waals surface area contributed by atoms with Gasteiger partial charge in [-0.15, -0.1) is 12.3 Å². The largest absolute Gasteiger partial charge is 0.481 e. The summed E-state index contributed by atoms with van der Waals surface area (Å²) in [5.41, 5.74) is -0.423. The Labute approximate surface area is 124 Å². The number of carboxylic acids is 1. The molecular weight excluding hydrogens is 270 g/mol. The normalized spacial score (nSPS) is 25.6. The molecule has 114 valence electrons. The first-order chi connectivity index (χ1) is 9.96. The van der Waals surface area contributed by atoms with Gasteiger partial charge in [-0.05, 0) is 11.8 Å². The molecule has 2 aliphatic rings. The number of hydrogen-bond donors (Lipinski definition) is 1. The maximum Gasteiger partial charge on any atom is 0.303 e. The van der Waals surface area contributed by atoms with E-state index >= 15 is 0 Å². The third-order valence-corrected chi connectivity index (χ3v) is 4.35. The highest BCUT2D eigenvalue weighted by Crippen LogP contribution is 2.38. The molecule has 1 saturated heterocycles. The summed E-state index contributed by atoms with van der Waals surface area (Å²) >= 11 is 0. The highest BCUT2D eigenvalue weighted by molar-refractivity contribution is 5.77. The van der Waals surface area contributed by atoms with Crippen molar-refractivity contribution in [2.75, 3.05) is 13.1 Å². The highest BCUT2D eigenvalue weighted by Gasteiger charge is 2.40. The van der Waals surface area contributed by atoms with Crippen molar-refractivity contribution in [2.24, 2.45) is 22.1 Å². The van der Waals surface area contributed by atoms with E-state index in [9.17, 15) is 9.59 Å². The van der Waals surface area contributed by atoms with Crippen LogP contribution in [-0.2, 0) is 9.59 Å². The SMILES string of the molecule is C#CCCC1(CCC(=O)N2C[C@@H](CC(=O)O)[C@H](C)C2)N=N1. The van der Waals surface area contributed by atoms with Crippen molar-refractivity contribution in [1.82, 2.24) is 4.90 Å². The van der Waals surface area contributed by atoms with Crippen molar-refractivity contribution in [2.45, 2.75) is 44.7 Å². The van der Waals surface area contributed by atoms with Crippen molar-refractivity contribution in [1.29, 1.82) is 0 Å². The second kappa shape index (κ2) is 6.25. The fourth-order valence-electron chi connectivity index (χ4n) is 2.86. The number of hydrogen-bond acceptors (Lipinski definition) is 4. The van der Waals surface area contributed by atoms with Crippen LogP contribution >= 0.6 is 0 Å². The van der Waals surface area contributed by atoms with Gasteiger partial charge in [0, 0.05) is 38.8 Å². The van der Waals surface area contributed by atoms with Gasteiger partial charge in [-0.1, -0.05) is 6.92 Å². The van der Waals surface area contributed by atoms with Crippen molar-refractivity contribution in [3.05, 3.63) is 0 Å². The number of nitrogens with zero attached hydrogens (tertiary/aromatic N) is 3. The molecule has 1 fully saturated rings. The molecule has 2 aliphatic heterocycles. The molecule has 6 nitrogen and oxygen atoms in total. The minimum atomic E-state index is -0.801. The van der Waals surface area contributed by atoms with E-state index in [4.69, 9.17) is 11.5 Å². The predicted molar refractivity (Wildman–Crippen MR) is 76.4 cm³/mol. The summed E-state index contributed by atoms with van der Waals surface area (Å²) in [5.74, 6) is 2.11. The third kappa shape index (κ3) is 4.03. The quantitative estimate of drug-likeness (QED) is 0.727. The Hall–Kier alpha value is -1.90. The first-order valence-electron chi connectivity index (χ1n) is 7.33. The van der Waals surface area contributed by atoms with Crippen LogP contribution in [0.3, 0.4) is 0 Å². The summed E-state index contributed by atoms with van der Waals surface area (Å²) in [5, 5.41) is 16.9. The highest BCUT2D eigenvalue weighted by atomic mass is 16.4. The lowest BCUT2D eigenvalue weighted by atomic mass is 9.95.